The molecule has 1 amide bonds. The van der Waals surface area contributed by atoms with E-state index in [1.807, 2.05) is 48.5 Å². The monoisotopic (exact) mass is 351 g/mol. The number of rotatable bonds is 4. The highest BCUT2D eigenvalue weighted by molar-refractivity contribution is 5.89. The second-order valence-corrected chi connectivity index (χ2v) is 6.01. The molecule has 0 bridgehead atoms. The third kappa shape index (κ3) is 4.11. The van der Waals surface area contributed by atoms with Crippen LogP contribution in [0.1, 0.15) is 33.9 Å². The summed E-state index contributed by atoms with van der Waals surface area (Å²) in [6, 6.07) is 16.5. The van der Waals surface area contributed by atoms with Gasteiger partial charge in [0.1, 0.15) is 6.61 Å². The van der Waals surface area contributed by atoms with Gasteiger partial charge < -0.3 is 9.47 Å². The molecule has 26 heavy (non-hydrogen) atoms. The predicted octanol–water partition coefficient (Wildman–Crippen LogP) is 4.11. The van der Waals surface area contributed by atoms with E-state index in [-0.39, 0.29) is 24.7 Å². The molecule has 0 N–H and O–H groups in total. The minimum atomic E-state index is -0.380. The lowest BCUT2D eigenvalue weighted by Crippen LogP contribution is -2.37. The fraction of sp³-hybridized carbons (Fsp3) is 0.238. The quantitative estimate of drug-likeness (QED) is 0.614. The van der Waals surface area contributed by atoms with Crippen molar-refractivity contribution in [1.29, 1.82) is 0 Å². The number of esters is 1. The van der Waals surface area contributed by atoms with Gasteiger partial charge in [-0.2, -0.15) is 0 Å². The normalized spacial score (nSPS) is 16.2. The van der Waals surface area contributed by atoms with E-state index in [2.05, 4.69) is 6.08 Å². The Balaban J connectivity index is 1.71. The van der Waals surface area contributed by atoms with Crippen LogP contribution >= 0.6 is 0 Å². The second-order valence-electron chi connectivity index (χ2n) is 6.01. The molecule has 3 rings (SSSR count). The van der Waals surface area contributed by atoms with Crippen molar-refractivity contribution in [3.8, 4) is 0 Å². The van der Waals surface area contributed by atoms with Gasteiger partial charge in [0.25, 0.3) is 0 Å². The average molecular weight is 351 g/mol. The highest BCUT2D eigenvalue weighted by Gasteiger charge is 2.26. The van der Waals surface area contributed by atoms with Gasteiger partial charge in [0.15, 0.2) is 0 Å². The van der Waals surface area contributed by atoms with Crippen molar-refractivity contribution in [1.82, 2.24) is 4.90 Å². The van der Waals surface area contributed by atoms with Crippen molar-refractivity contribution in [2.24, 2.45) is 0 Å². The SMILES string of the molecule is COC(=O)c1ccc(C2C=CCCN2C(=O)OCc2ccccc2)cc1. The minimum Gasteiger partial charge on any atom is -0.465 e. The molecule has 0 aliphatic carbocycles. The summed E-state index contributed by atoms with van der Waals surface area (Å²) in [7, 11) is 1.35. The van der Waals surface area contributed by atoms with E-state index in [9.17, 15) is 9.59 Å². The summed E-state index contributed by atoms with van der Waals surface area (Å²) >= 11 is 0. The molecule has 1 unspecified atom stereocenters. The molecule has 134 valence electrons. The summed E-state index contributed by atoms with van der Waals surface area (Å²) in [6.07, 6.45) is 4.48. The minimum absolute atomic E-state index is 0.210. The molecule has 0 fully saturated rings. The van der Waals surface area contributed by atoms with Gasteiger partial charge in [-0.15, -0.1) is 0 Å². The molecule has 0 saturated heterocycles. The van der Waals surface area contributed by atoms with Gasteiger partial charge in [0.05, 0.1) is 18.7 Å². The predicted molar refractivity (Wildman–Crippen MR) is 97.6 cm³/mol. The number of hydrogen-bond acceptors (Lipinski definition) is 4. The van der Waals surface area contributed by atoms with Crippen molar-refractivity contribution in [2.75, 3.05) is 13.7 Å². The zero-order valence-corrected chi connectivity index (χ0v) is 14.6. The van der Waals surface area contributed by atoms with Crippen LogP contribution in [0.2, 0.25) is 0 Å². The van der Waals surface area contributed by atoms with Crippen molar-refractivity contribution in [2.45, 2.75) is 19.1 Å². The van der Waals surface area contributed by atoms with Crippen LogP contribution in [0.25, 0.3) is 0 Å². The number of nitrogens with zero attached hydrogens (tertiary/aromatic N) is 1. The van der Waals surface area contributed by atoms with Gasteiger partial charge in [-0.05, 0) is 29.7 Å². The first kappa shape index (κ1) is 17.7. The Bertz CT molecular complexity index is 783. The molecule has 0 saturated carbocycles. The number of amides is 1. The molecule has 0 aromatic heterocycles. The average Bonchev–Trinajstić information content (AvgIpc) is 2.72. The molecule has 2 aromatic carbocycles. The van der Waals surface area contributed by atoms with E-state index in [1.165, 1.54) is 7.11 Å². The zero-order chi connectivity index (χ0) is 18.4. The van der Waals surface area contributed by atoms with Crippen LogP contribution in [-0.4, -0.2) is 30.6 Å². The first-order valence-corrected chi connectivity index (χ1v) is 8.51. The van der Waals surface area contributed by atoms with Crippen LogP contribution in [0, 0.1) is 0 Å². The Kier molecular flexibility index (Phi) is 5.69. The number of methoxy groups -OCH3 is 1. The number of carbonyl (C=O) groups is 2. The van der Waals surface area contributed by atoms with E-state index in [4.69, 9.17) is 9.47 Å². The number of benzene rings is 2. The van der Waals surface area contributed by atoms with Crippen LogP contribution in [-0.2, 0) is 16.1 Å². The first-order chi connectivity index (χ1) is 12.7. The Morgan fingerprint density at radius 3 is 2.50 bits per heavy atom. The van der Waals surface area contributed by atoms with Crippen molar-refractivity contribution in [3.63, 3.8) is 0 Å². The fourth-order valence-corrected chi connectivity index (χ4v) is 2.91. The maximum atomic E-state index is 12.6. The molecule has 0 radical (unpaired) electrons. The van der Waals surface area contributed by atoms with Crippen LogP contribution in [0.3, 0.4) is 0 Å². The fourth-order valence-electron chi connectivity index (χ4n) is 2.91. The zero-order valence-electron chi connectivity index (χ0n) is 14.6. The van der Waals surface area contributed by atoms with Crippen molar-refractivity contribution < 1.29 is 19.1 Å². The summed E-state index contributed by atoms with van der Waals surface area (Å²) in [5, 5.41) is 0. The maximum absolute atomic E-state index is 12.6. The van der Waals surface area contributed by atoms with Gasteiger partial charge in [-0.25, -0.2) is 9.59 Å². The lowest BCUT2D eigenvalue weighted by atomic mass is 10.0. The number of ether oxygens (including phenoxy) is 2. The summed E-state index contributed by atoms with van der Waals surface area (Å²) in [4.78, 5) is 25.8. The van der Waals surface area contributed by atoms with Gasteiger partial charge >= 0.3 is 12.1 Å². The Labute approximate surface area is 152 Å². The molecule has 1 aliphatic heterocycles. The Hall–Kier alpha value is -3.08. The molecule has 1 atom stereocenters. The highest BCUT2D eigenvalue weighted by atomic mass is 16.6. The summed E-state index contributed by atoms with van der Waals surface area (Å²) in [5.74, 6) is -0.380. The molecular weight excluding hydrogens is 330 g/mol. The maximum Gasteiger partial charge on any atom is 0.410 e. The Morgan fingerprint density at radius 1 is 1.08 bits per heavy atom. The number of carbonyl (C=O) groups excluding carboxylic acids is 2. The molecule has 2 aromatic rings. The van der Waals surface area contributed by atoms with E-state index in [0.717, 1.165) is 17.5 Å². The smallest absolute Gasteiger partial charge is 0.410 e. The molecule has 0 spiro atoms. The van der Waals surface area contributed by atoms with E-state index in [0.29, 0.717) is 12.1 Å². The van der Waals surface area contributed by atoms with Gasteiger partial charge in [0, 0.05) is 6.54 Å². The van der Waals surface area contributed by atoms with Crippen LogP contribution in [0.15, 0.2) is 66.7 Å². The van der Waals surface area contributed by atoms with Gasteiger partial charge in [-0.1, -0.05) is 54.6 Å². The third-order valence-corrected chi connectivity index (χ3v) is 4.30. The summed E-state index contributed by atoms with van der Waals surface area (Å²) in [5.41, 5.74) is 2.35. The molecule has 1 heterocycles. The van der Waals surface area contributed by atoms with Crippen LogP contribution in [0.5, 0.6) is 0 Å². The molecule has 5 heteroatoms. The van der Waals surface area contributed by atoms with Gasteiger partial charge in [0.2, 0.25) is 0 Å². The lowest BCUT2D eigenvalue weighted by Gasteiger charge is -2.32. The number of hydrogen-bond donors (Lipinski definition) is 0. The summed E-state index contributed by atoms with van der Waals surface area (Å²) in [6.45, 7) is 0.835. The van der Waals surface area contributed by atoms with Crippen molar-refractivity contribution >= 4 is 12.1 Å². The standard InChI is InChI=1S/C21H21NO4/c1-25-20(23)18-12-10-17(11-13-18)19-9-5-6-14-22(19)21(24)26-15-16-7-3-2-4-8-16/h2-5,7-13,19H,6,14-15H2,1H3. The first-order valence-electron chi connectivity index (χ1n) is 8.51. The molecule has 5 nitrogen and oxygen atoms in total. The summed E-state index contributed by atoms with van der Waals surface area (Å²) < 4.78 is 10.2. The van der Waals surface area contributed by atoms with Crippen LogP contribution in [0.4, 0.5) is 4.79 Å². The van der Waals surface area contributed by atoms with E-state index >= 15 is 0 Å². The second kappa shape index (κ2) is 8.34. The van der Waals surface area contributed by atoms with Gasteiger partial charge in [-0.3, -0.25) is 4.90 Å². The van der Waals surface area contributed by atoms with Crippen LogP contribution < -0.4 is 0 Å². The Morgan fingerprint density at radius 2 is 1.81 bits per heavy atom. The van der Waals surface area contributed by atoms with E-state index in [1.54, 1.807) is 17.0 Å². The lowest BCUT2D eigenvalue weighted by molar-refractivity contribution is 0.0600. The highest BCUT2D eigenvalue weighted by Crippen LogP contribution is 2.27. The molecule has 1 aliphatic rings. The third-order valence-electron chi connectivity index (χ3n) is 4.30. The topological polar surface area (TPSA) is 55.8 Å². The van der Waals surface area contributed by atoms with Crippen molar-refractivity contribution in [3.05, 3.63) is 83.4 Å². The van der Waals surface area contributed by atoms with E-state index < -0.39 is 0 Å². The largest absolute Gasteiger partial charge is 0.465 e. The molecular formula is C21H21NO4.